The third-order valence-corrected chi connectivity index (χ3v) is 4.21. The quantitative estimate of drug-likeness (QED) is 0.940. The van der Waals surface area contributed by atoms with Gasteiger partial charge in [0, 0.05) is 12.5 Å². The summed E-state index contributed by atoms with van der Waals surface area (Å²) in [6.07, 6.45) is 6.46. The number of H-pyrrole nitrogens is 1. The van der Waals surface area contributed by atoms with Crippen LogP contribution in [-0.2, 0) is 6.42 Å². The van der Waals surface area contributed by atoms with Crippen LogP contribution in [0, 0.1) is 0 Å². The lowest BCUT2D eigenvalue weighted by molar-refractivity contribution is 0.340. The molecule has 1 fully saturated rings. The summed E-state index contributed by atoms with van der Waals surface area (Å²) in [5.74, 6) is 1.65. The van der Waals surface area contributed by atoms with Crippen LogP contribution in [0.3, 0.4) is 0 Å². The van der Waals surface area contributed by atoms with Crippen LogP contribution in [0.5, 0.6) is 5.75 Å². The van der Waals surface area contributed by atoms with Crippen LogP contribution in [-0.4, -0.2) is 21.9 Å². The molecule has 0 bridgehead atoms. The van der Waals surface area contributed by atoms with Gasteiger partial charge in [0.2, 0.25) is 0 Å². The van der Waals surface area contributed by atoms with Crippen molar-refractivity contribution in [3.63, 3.8) is 0 Å². The summed E-state index contributed by atoms with van der Waals surface area (Å²) in [5, 5.41) is 6.84. The molecule has 0 spiro atoms. The third-order valence-electron chi connectivity index (χ3n) is 4.21. The Labute approximate surface area is 124 Å². The highest BCUT2D eigenvalue weighted by Crippen LogP contribution is 2.28. The van der Waals surface area contributed by atoms with Gasteiger partial charge in [0.1, 0.15) is 11.6 Å². The Bertz CT molecular complexity index is 654. The monoisotopic (exact) mass is 287 g/mol. The molecule has 2 aromatic rings. The lowest BCUT2D eigenvalue weighted by Gasteiger charge is -2.23. The average Bonchev–Trinajstić information content (AvgIpc) is 2.89. The lowest BCUT2D eigenvalue weighted by Crippen LogP contribution is -2.26. The Morgan fingerprint density at radius 1 is 1.33 bits per heavy atom. The molecule has 0 radical (unpaired) electrons. The normalized spacial score (nSPS) is 16.0. The van der Waals surface area contributed by atoms with Crippen molar-refractivity contribution in [2.24, 2.45) is 0 Å². The summed E-state index contributed by atoms with van der Waals surface area (Å²) in [6.45, 7) is 0. The van der Waals surface area contributed by atoms with E-state index in [4.69, 9.17) is 4.74 Å². The van der Waals surface area contributed by atoms with Gasteiger partial charge in [-0.1, -0.05) is 31.4 Å². The second kappa shape index (κ2) is 6.16. The summed E-state index contributed by atoms with van der Waals surface area (Å²) in [6, 6.07) is 8.20. The number of hydrogen-bond donors (Lipinski definition) is 1. The Morgan fingerprint density at radius 3 is 2.90 bits per heavy atom. The highest BCUT2D eigenvalue weighted by molar-refractivity contribution is 5.30. The molecule has 1 aliphatic rings. The second-order valence-electron chi connectivity index (χ2n) is 5.64. The summed E-state index contributed by atoms with van der Waals surface area (Å²) in [7, 11) is 1.66. The van der Waals surface area contributed by atoms with Gasteiger partial charge >= 0.3 is 5.69 Å². The number of ether oxygens (including phenoxy) is 1. The van der Waals surface area contributed by atoms with E-state index in [-0.39, 0.29) is 5.69 Å². The number of rotatable bonds is 4. The lowest BCUT2D eigenvalue weighted by atomic mass is 9.95. The minimum absolute atomic E-state index is 0.0835. The molecule has 1 aliphatic carbocycles. The zero-order valence-electron chi connectivity index (χ0n) is 12.3. The molecule has 5 heteroatoms. The maximum absolute atomic E-state index is 12.1. The van der Waals surface area contributed by atoms with Crippen molar-refractivity contribution in [1.82, 2.24) is 14.8 Å². The Balaban J connectivity index is 1.86. The van der Waals surface area contributed by atoms with Crippen LogP contribution in [0.4, 0.5) is 0 Å². The van der Waals surface area contributed by atoms with Crippen LogP contribution in [0.1, 0.15) is 49.5 Å². The summed E-state index contributed by atoms with van der Waals surface area (Å²) < 4.78 is 7.11. The number of methoxy groups -OCH3 is 1. The SMILES string of the molecule is COc1cccc(Cc2n[nH]c(=O)n2C2CCCCC2)c1. The molecule has 1 aromatic carbocycles. The Kier molecular flexibility index (Phi) is 4.08. The predicted molar refractivity (Wildman–Crippen MR) is 80.8 cm³/mol. The Hall–Kier alpha value is -2.04. The van der Waals surface area contributed by atoms with Gasteiger partial charge in [-0.2, -0.15) is 5.10 Å². The first kappa shape index (κ1) is 13.9. The molecule has 1 saturated carbocycles. The van der Waals surface area contributed by atoms with E-state index in [1.807, 2.05) is 28.8 Å². The van der Waals surface area contributed by atoms with E-state index in [9.17, 15) is 4.79 Å². The fraction of sp³-hybridized carbons (Fsp3) is 0.500. The number of nitrogens with one attached hydrogen (secondary N) is 1. The van der Waals surface area contributed by atoms with Gasteiger partial charge in [-0.3, -0.25) is 4.57 Å². The van der Waals surface area contributed by atoms with Crippen LogP contribution < -0.4 is 10.4 Å². The number of benzene rings is 1. The first-order chi connectivity index (χ1) is 10.3. The van der Waals surface area contributed by atoms with Gasteiger partial charge < -0.3 is 4.74 Å². The minimum atomic E-state index is -0.0835. The van der Waals surface area contributed by atoms with Gasteiger partial charge in [0.15, 0.2) is 0 Å². The van der Waals surface area contributed by atoms with Gasteiger partial charge in [-0.15, -0.1) is 0 Å². The molecule has 0 unspecified atom stereocenters. The topological polar surface area (TPSA) is 59.9 Å². The van der Waals surface area contributed by atoms with Crippen molar-refractivity contribution in [3.8, 4) is 5.75 Å². The van der Waals surface area contributed by atoms with Gasteiger partial charge in [-0.05, 0) is 30.5 Å². The molecule has 5 nitrogen and oxygen atoms in total. The second-order valence-corrected chi connectivity index (χ2v) is 5.64. The molecule has 21 heavy (non-hydrogen) atoms. The molecule has 112 valence electrons. The summed E-state index contributed by atoms with van der Waals surface area (Å²) in [4.78, 5) is 12.1. The largest absolute Gasteiger partial charge is 0.497 e. The van der Waals surface area contributed by atoms with E-state index in [0.717, 1.165) is 30.0 Å². The first-order valence-corrected chi connectivity index (χ1v) is 7.56. The van der Waals surface area contributed by atoms with Crippen molar-refractivity contribution in [2.75, 3.05) is 7.11 Å². The van der Waals surface area contributed by atoms with Crippen LogP contribution >= 0.6 is 0 Å². The van der Waals surface area contributed by atoms with Crippen LogP contribution in [0.15, 0.2) is 29.1 Å². The number of aromatic amines is 1. The van der Waals surface area contributed by atoms with Crippen molar-refractivity contribution in [2.45, 2.75) is 44.6 Å². The Morgan fingerprint density at radius 2 is 2.14 bits per heavy atom. The molecule has 1 heterocycles. The molecule has 1 aromatic heterocycles. The molecule has 0 saturated heterocycles. The summed E-state index contributed by atoms with van der Waals surface area (Å²) >= 11 is 0. The van der Waals surface area contributed by atoms with E-state index in [1.54, 1.807) is 7.11 Å². The zero-order chi connectivity index (χ0) is 14.7. The number of aromatic nitrogens is 3. The fourth-order valence-electron chi connectivity index (χ4n) is 3.14. The van der Waals surface area contributed by atoms with E-state index in [0.29, 0.717) is 12.5 Å². The smallest absolute Gasteiger partial charge is 0.343 e. The van der Waals surface area contributed by atoms with Crippen LogP contribution in [0.25, 0.3) is 0 Å². The van der Waals surface area contributed by atoms with Gasteiger partial charge in [-0.25, -0.2) is 9.89 Å². The maximum atomic E-state index is 12.1. The number of hydrogen-bond acceptors (Lipinski definition) is 3. The van der Waals surface area contributed by atoms with Crippen molar-refractivity contribution >= 4 is 0 Å². The molecule has 0 atom stereocenters. The van der Waals surface area contributed by atoms with E-state index in [1.165, 1.54) is 19.3 Å². The third kappa shape index (κ3) is 3.01. The zero-order valence-corrected chi connectivity index (χ0v) is 12.3. The van der Waals surface area contributed by atoms with Gasteiger partial charge in [0.25, 0.3) is 0 Å². The fourth-order valence-corrected chi connectivity index (χ4v) is 3.14. The van der Waals surface area contributed by atoms with E-state index in [2.05, 4.69) is 10.2 Å². The molecule has 0 aliphatic heterocycles. The van der Waals surface area contributed by atoms with Crippen LogP contribution in [0.2, 0.25) is 0 Å². The van der Waals surface area contributed by atoms with Gasteiger partial charge in [0.05, 0.1) is 7.11 Å². The van der Waals surface area contributed by atoms with Crippen molar-refractivity contribution in [3.05, 3.63) is 46.1 Å². The highest BCUT2D eigenvalue weighted by atomic mass is 16.5. The molecular formula is C16H21N3O2. The van der Waals surface area contributed by atoms with E-state index < -0.39 is 0 Å². The summed E-state index contributed by atoms with van der Waals surface area (Å²) in [5.41, 5.74) is 1.02. The van der Waals surface area contributed by atoms with E-state index >= 15 is 0 Å². The molecule has 1 N–H and O–H groups in total. The average molecular weight is 287 g/mol. The number of nitrogens with zero attached hydrogens (tertiary/aromatic N) is 2. The van der Waals surface area contributed by atoms with Crippen molar-refractivity contribution in [1.29, 1.82) is 0 Å². The molecule has 0 amide bonds. The van der Waals surface area contributed by atoms with Crippen molar-refractivity contribution < 1.29 is 4.74 Å². The molecular weight excluding hydrogens is 266 g/mol. The maximum Gasteiger partial charge on any atom is 0.343 e. The minimum Gasteiger partial charge on any atom is -0.497 e. The standard InChI is InChI=1S/C16H21N3O2/c1-21-14-9-5-6-12(10-14)11-15-17-18-16(20)19(15)13-7-3-2-4-8-13/h5-6,9-10,13H,2-4,7-8,11H2,1H3,(H,18,20). The highest BCUT2D eigenvalue weighted by Gasteiger charge is 2.21. The molecule has 3 rings (SSSR count). The predicted octanol–water partition coefficient (Wildman–Crippen LogP) is 2.68. The first-order valence-electron chi connectivity index (χ1n) is 7.56.